The van der Waals surface area contributed by atoms with Crippen molar-refractivity contribution < 1.29 is 14.3 Å². The van der Waals surface area contributed by atoms with E-state index in [0.29, 0.717) is 0 Å². The largest absolute Gasteiger partial charge is 0.507 e. The molecule has 3 nitrogen and oxygen atoms in total. The maximum absolute atomic E-state index is 11.8. The maximum atomic E-state index is 11.8. The molecular weight excluding hydrogens is 396 g/mol. The summed E-state index contributed by atoms with van der Waals surface area (Å²) in [6.07, 6.45) is 0. The molecular formula is C29H20O3. The van der Waals surface area contributed by atoms with Crippen LogP contribution in [0.3, 0.4) is 0 Å². The van der Waals surface area contributed by atoms with E-state index in [9.17, 15) is 5.11 Å². The molecule has 0 spiro atoms. The molecule has 0 fully saturated rings. The van der Waals surface area contributed by atoms with Crippen LogP contribution in [0.15, 0.2) is 101 Å². The van der Waals surface area contributed by atoms with Crippen LogP contribution in [0.25, 0.3) is 55.0 Å². The fourth-order valence-corrected chi connectivity index (χ4v) is 4.72. The van der Waals surface area contributed by atoms with Crippen LogP contribution in [-0.2, 0) is 0 Å². The minimum absolute atomic E-state index is 0.225. The molecule has 1 N–H and O–H groups in total. The van der Waals surface area contributed by atoms with Gasteiger partial charge in [0.15, 0.2) is 0 Å². The van der Waals surface area contributed by atoms with Gasteiger partial charge in [0.25, 0.3) is 0 Å². The first-order valence-corrected chi connectivity index (χ1v) is 10.6. The van der Waals surface area contributed by atoms with Crippen molar-refractivity contribution in [2.45, 2.75) is 0 Å². The highest BCUT2D eigenvalue weighted by Crippen LogP contribution is 2.52. The number of ether oxygens (including phenoxy) is 1. The second-order valence-electron chi connectivity index (χ2n) is 7.82. The van der Waals surface area contributed by atoms with Gasteiger partial charge in [-0.3, -0.25) is 0 Å². The summed E-state index contributed by atoms with van der Waals surface area (Å²) in [5.74, 6) is 0.957. The van der Waals surface area contributed by atoms with Crippen LogP contribution in [0.1, 0.15) is 0 Å². The third-order valence-corrected chi connectivity index (χ3v) is 6.07. The van der Waals surface area contributed by atoms with Crippen LogP contribution in [0.5, 0.6) is 11.5 Å². The molecule has 3 heteroatoms. The van der Waals surface area contributed by atoms with Gasteiger partial charge >= 0.3 is 0 Å². The van der Waals surface area contributed by atoms with E-state index < -0.39 is 0 Å². The molecule has 6 rings (SSSR count). The average Bonchev–Trinajstić information content (AvgIpc) is 3.23. The molecule has 0 bridgehead atoms. The smallest absolute Gasteiger partial charge is 0.136 e. The Balaban J connectivity index is 1.88. The summed E-state index contributed by atoms with van der Waals surface area (Å²) >= 11 is 0. The zero-order valence-electron chi connectivity index (χ0n) is 17.5. The zero-order chi connectivity index (χ0) is 21.7. The van der Waals surface area contributed by atoms with Crippen molar-refractivity contribution in [1.82, 2.24) is 0 Å². The minimum Gasteiger partial charge on any atom is -0.507 e. The van der Waals surface area contributed by atoms with E-state index in [-0.39, 0.29) is 5.75 Å². The number of phenolic OH excluding ortho intramolecular Hbond substituents is 1. The first kappa shape index (κ1) is 18.5. The topological polar surface area (TPSA) is 42.6 Å². The van der Waals surface area contributed by atoms with E-state index in [2.05, 4.69) is 0 Å². The fourth-order valence-electron chi connectivity index (χ4n) is 4.72. The van der Waals surface area contributed by atoms with Crippen LogP contribution in [0.4, 0.5) is 0 Å². The predicted octanol–water partition coefficient (Wildman–Crippen LogP) is 7.79. The lowest BCUT2D eigenvalue weighted by Crippen LogP contribution is -1.95. The Hall–Kier alpha value is -4.24. The molecule has 6 aromatic rings. The van der Waals surface area contributed by atoms with Crippen LogP contribution in [0.2, 0.25) is 0 Å². The Bertz CT molecular complexity index is 1600. The van der Waals surface area contributed by atoms with Gasteiger partial charge in [-0.05, 0) is 29.3 Å². The normalized spacial score (nSPS) is 11.4. The second kappa shape index (κ2) is 7.17. The Kier molecular flexibility index (Phi) is 4.15. The average molecular weight is 416 g/mol. The molecule has 0 saturated carbocycles. The van der Waals surface area contributed by atoms with Crippen LogP contribution in [0, 0.1) is 0 Å². The molecule has 0 amide bonds. The van der Waals surface area contributed by atoms with Crippen LogP contribution >= 0.6 is 0 Å². The monoisotopic (exact) mass is 416 g/mol. The summed E-state index contributed by atoms with van der Waals surface area (Å²) in [6.45, 7) is 0. The third kappa shape index (κ3) is 2.61. The Morgan fingerprint density at radius 2 is 1.22 bits per heavy atom. The van der Waals surface area contributed by atoms with Crippen molar-refractivity contribution in [2.24, 2.45) is 0 Å². The highest BCUT2D eigenvalue weighted by molar-refractivity contribution is 6.24. The Morgan fingerprint density at radius 1 is 0.594 bits per heavy atom. The summed E-state index contributed by atoms with van der Waals surface area (Å²) < 4.78 is 12.1. The molecule has 0 aliphatic heterocycles. The fraction of sp³-hybridized carbons (Fsp3) is 0.0345. The Morgan fingerprint density at radius 3 is 1.91 bits per heavy atom. The standard InChI is InChI=1S/C29H20O3/c1-31-29-21-16-17-23-26(20-14-8-9-15-22(20)32-23)27(21)28(30)24(18-10-4-2-5-11-18)25(29)19-12-6-3-7-13-19/h2-17,30H,1H3. The van der Waals surface area contributed by atoms with Gasteiger partial charge in [-0.25, -0.2) is 0 Å². The summed E-state index contributed by atoms with van der Waals surface area (Å²) in [5, 5.41) is 15.3. The van der Waals surface area contributed by atoms with Crippen molar-refractivity contribution in [3.63, 3.8) is 0 Å². The lowest BCUT2D eigenvalue weighted by atomic mass is 9.88. The molecule has 0 unspecified atom stereocenters. The molecule has 0 radical (unpaired) electrons. The highest BCUT2D eigenvalue weighted by atomic mass is 16.5. The van der Waals surface area contributed by atoms with Gasteiger partial charge < -0.3 is 14.3 Å². The molecule has 1 aromatic heterocycles. The molecule has 154 valence electrons. The van der Waals surface area contributed by atoms with Gasteiger partial charge in [0, 0.05) is 32.7 Å². The molecule has 0 aliphatic carbocycles. The predicted molar refractivity (Wildman–Crippen MR) is 130 cm³/mol. The second-order valence-corrected chi connectivity index (χ2v) is 7.82. The summed E-state index contributed by atoms with van der Waals surface area (Å²) in [5.41, 5.74) is 5.06. The summed E-state index contributed by atoms with van der Waals surface area (Å²) in [6, 6.07) is 31.9. The van der Waals surface area contributed by atoms with Gasteiger partial charge in [-0.2, -0.15) is 0 Å². The molecule has 0 aliphatic rings. The number of hydrogen-bond acceptors (Lipinski definition) is 3. The number of fused-ring (bicyclic) bond motifs is 5. The highest BCUT2D eigenvalue weighted by Gasteiger charge is 2.25. The van der Waals surface area contributed by atoms with Crippen molar-refractivity contribution in [2.75, 3.05) is 7.11 Å². The number of rotatable bonds is 3. The number of para-hydroxylation sites is 1. The number of methoxy groups -OCH3 is 1. The van der Waals surface area contributed by atoms with Gasteiger partial charge in [-0.1, -0.05) is 78.9 Å². The van der Waals surface area contributed by atoms with E-state index in [4.69, 9.17) is 9.15 Å². The van der Waals surface area contributed by atoms with Crippen LogP contribution in [-0.4, -0.2) is 12.2 Å². The van der Waals surface area contributed by atoms with Crippen molar-refractivity contribution in [3.8, 4) is 33.8 Å². The van der Waals surface area contributed by atoms with E-state index in [0.717, 1.165) is 60.7 Å². The quantitative estimate of drug-likeness (QED) is 0.320. The minimum atomic E-state index is 0.225. The number of hydrogen-bond donors (Lipinski definition) is 1. The molecule has 32 heavy (non-hydrogen) atoms. The first-order chi connectivity index (χ1) is 15.8. The number of benzene rings is 5. The van der Waals surface area contributed by atoms with Gasteiger partial charge in [0.05, 0.1) is 7.11 Å². The van der Waals surface area contributed by atoms with E-state index in [1.165, 1.54) is 0 Å². The maximum Gasteiger partial charge on any atom is 0.136 e. The molecule has 0 saturated heterocycles. The van der Waals surface area contributed by atoms with Crippen LogP contribution < -0.4 is 4.74 Å². The SMILES string of the molecule is COc1c(-c2ccccc2)c(-c2ccccc2)c(O)c2c1ccc1oc3ccccc3c12. The molecule has 0 atom stereocenters. The van der Waals surface area contributed by atoms with Crippen molar-refractivity contribution >= 4 is 32.7 Å². The lowest BCUT2D eigenvalue weighted by Gasteiger charge is -2.20. The number of aromatic hydroxyl groups is 1. The molecule has 1 heterocycles. The lowest BCUT2D eigenvalue weighted by molar-refractivity contribution is 0.420. The summed E-state index contributed by atoms with van der Waals surface area (Å²) in [4.78, 5) is 0. The van der Waals surface area contributed by atoms with E-state index >= 15 is 0 Å². The molecule has 5 aromatic carbocycles. The first-order valence-electron chi connectivity index (χ1n) is 10.6. The van der Waals surface area contributed by atoms with Gasteiger partial charge in [0.2, 0.25) is 0 Å². The van der Waals surface area contributed by atoms with E-state index in [1.807, 2.05) is 97.1 Å². The van der Waals surface area contributed by atoms with Gasteiger partial charge in [0.1, 0.15) is 22.7 Å². The number of furan rings is 1. The van der Waals surface area contributed by atoms with Crippen molar-refractivity contribution in [3.05, 3.63) is 97.1 Å². The summed E-state index contributed by atoms with van der Waals surface area (Å²) in [7, 11) is 1.69. The van der Waals surface area contributed by atoms with Gasteiger partial charge in [-0.15, -0.1) is 0 Å². The van der Waals surface area contributed by atoms with E-state index in [1.54, 1.807) is 7.11 Å². The third-order valence-electron chi connectivity index (χ3n) is 6.07. The zero-order valence-corrected chi connectivity index (χ0v) is 17.5. The van der Waals surface area contributed by atoms with Crippen molar-refractivity contribution in [1.29, 1.82) is 0 Å². The Labute approximate surface area is 185 Å². The number of phenols is 1.